The molecule has 0 fully saturated rings. The number of nitriles is 1. The van der Waals surface area contributed by atoms with Gasteiger partial charge in [-0.15, -0.1) is 0 Å². The Morgan fingerprint density at radius 2 is 2.09 bits per heavy atom. The van der Waals surface area contributed by atoms with Crippen LogP contribution in [0.15, 0.2) is 54.9 Å². The van der Waals surface area contributed by atoms with Gasteiger partial charge in [-0.25, -0.2) is 4.39 Å². The number of nitrogens with one attached hydrogen (secondary N) is 2. The third-order valence-corrected chi connectivity index (χ3v) is 5.44. The molecule has 0 aliphatic carbocycles. The molecule has 1 aromatic heterocycles. The van der Waals surface area contributed by atoms with Crippen molar-refractivity contribution in [3.63, 3.8) is 0 Å². The third kappa shape index (κ3) is 3.97. The molecule has 0 bridgehead atoms. The van der Waals surface area contributed by atoms with Gasteiger partial charge in [-0.05, 0) is 35.7 Å². The van der Waals surface area contributed by atoms with Crippen molar-refractivity contribution in [2.45, 2.75) is 25.8 Å². The Balaban J connectivity index is 1.82. The molecular formula is C24H22FN5O2. The molecule has 0 saturated carbocycles. The first-order valence-electron chi connectivity index (χ1n) is 10.3. The molecule has 2 aromatic carbocycles. The van der Waals surface area contributed by atoms with E-state index in [9.17, 15) is 14.0 Å². The highest BCUT2D eigenvalue weighted by Gasteiger charge is 2.44. The number of hydrogen-bond donors (Lipinski definition) is 2. The van der Waals surface area contributed by atoms with Crippen LogP contribution in [0.3, 0.4) is 0 Å². The van der Waals surface area contributed by atoms with Crippen LogP contribution in [0.25, 0.3) is 0 Å². The van der Waals surface area contributed by atoms with Crippen LogP contribution in [0.5, 0.6) is 0 Å². The number of rotatable bonds is 5. The molecular weight excluding hydrogens is 409 g/mol. The fourth-order valence-electron chi connectivity index (χ4n) is 4.21. The van der Waals surface area contributed by atoms with Crippen molar-refractivity contribution in [3.05, 3.63) is 82.9 Å². The molecule has 2 atom stereocenters. The second-order valence-electron chi connectivity index (χ2n) is 8.22. The number of anilines is 1. The van der Waals surface area contributed by atoms with E-state index >= 15 is 0 Å². The predicted molar refractivity (Wildman–Crippen MR) is 116 cm³/mol. The van der Waals surface area contributed by atoms with Crippen LogP contribution in [0.1, 0.15) is 52.9 Å². The number of nitrogens with zero attached hydrogens (tertiary/aromatic N) is 3. The predicted octanol–water partition coefficient (Wildman–Crippen LogP) is 4.00. The molecule has 8 heteroatoms. The number of halogens is 1. The smallest absolute Gasteiger partial charge is 0.254 e. The van der Waals surface area contributed by atoms with Crippen molar-refractivity contribution in [2.75, 3.05) is 11.9 Å². The number of hydrogen-bond acceptors (Lipinski definition) is 4. The first-order valence-corrected chi connectivity index (χ1v) is 10.3. The van der Waals surface area contributed by atoms with Crippen molar-refractivity contribution in [2.24, 2.45) is 5.92 Å². The Kier molecular flexibility index (Phi) is 5.73. The molecule has 1 aliphatic heterocycles. The average Bonchev–Trinajstić information content (AvgIpc) is 3.29. The number of carbonyl (C=O) groups excluding carboxylic acids is 2. The molecule has 2 N–H and O–H groups in total. The van der Waals surface area contributed by atoms with Gasteiger partial charge in [-0.3, -0.25) is 14.7 Å². The normalized spacial score (nSPS) is 17.7. The van der Waals surface area contributed by atoms with Gasteiger partial charge in [-0.1, -0.05) is 32.0 Å². The molecule has 32 heavy (non-hydrogen) atoms. The zero-order valence-corrected chi connectivity index (χ0v) is 17.7. The SMILES string of the molecule is CC(C)CN1C(=O)c2ccccc2C(C(=O)Nc2cc(F)cc(C#N)c2)C1c1cn[nH]c1. The number of aromatic amines is 1. The Labute approximate surface area is 184 Å². The lowest BCUT2D eigenvalue weighted by molar-refractivity contribution is -0.119. The maximum atomic E-state index is 13.9. The molecule has 162 valence electrons. The van der Waals surface area contributed by atoms with E-state index in [1.807, 2.05) is 19.9 Å². The van der Waals surface area contributed by atoms with Crippen LogP contribution < -0.4 is 5.32 Å². The topological polar surface area (TPSA) is 102 Å². The van der Waals surface area contributed by atoms with Crippen LogP contribution in [-0.2, 0) is 4.79 Å². The molecule has 4 rings (SSSR count). The van der Waals surface area contributed by atoms with Crippen molar-refractivity contribution in [1.29, 1.82) is 5.26 Å². The van der Waals surface area contributed by atoms with E-state index in [0.717, 1.165) is 12.1 Å². The number of benzene rings is 2. The number of amides is 2. The van der Waals surface area contributed by atoms with E-state index in [2.05, 4.69) is 15.5 Å². The summed E-state index contributed by atoms with van der Waals surface area (Å²) in [6, 6.07) is 12.0. The highest BCUT2D eigenvalue weighted by molar-refractivity contribution is 6.04. The van der Waals surface area contributed by atoms with Crippen LogP contribution in [0.2, 0.25) is 0 Å². The monoisotopic (exact) mass is 431 g/mol. The summed E-state index contributed by atoms with van der Waals surface area (Å²) in [4.78, 5) is 28.7. The average molecular weight is 431 g/mol. The largest absolute Gasteiger partial charge is 0.330 e. The van der Waals surface area contributed by atoms with Gasteiger partial charge in [0.2, 0.25) is 5.91 Å². The van der Waals surface area contributed by atoms with Crippen LogP contribution in [-0.4, -0.2) is 33.5 Å². The Morgan fingerprint density at radius 1 is 1.31 bits per heavy atom. The van der Waals surface area contributed by atoms with Gasteiger partial charge in [0.1, 0.15) is 5.82 Å². The molecule has 0 radical (unpaired) electrons. The van der Waals surface area contributed by atoms with Gasteiger partial charge in [0.25, 0.3) is 5.91 Å². The van der Waals surface area contributed by atoms with Crippen molar-refractivity contribution in [1.82, 2.24) is 15.1 Å². The zero-order valence-electron chi connectivity index (χ0n) is 17.7. The summed E-state index contributed by atoms with van der Waals surface area (Å²) in [5.41, 5.74) is 2.04. The van der Waals surface area contributed by atoms with Crippen LogP contribution in [0.4, 0.5) is 10.1 Å². The molecule has 0 saturated heterocycles. The first-order chi connectivity index (χ1) is 15.4. The second-order valence-corrected chi connectivity index (χ2v) is 8.22. The maximum absolute atomic E-state index is 13.9. The summed E-state index contributed by atoms with van der Waals surface area (Å²) in [5.74, 6) is -1.76. The molecule has 3 aromatic rings. The zero-order chi connectivity index (χ0) is 22.8. The fourth-order valence-corrected chi connectivity index (χ4v) is 4.21. The fraction of sp³-hybridized carbons (Fsp3) is 0.250. The minimum atomic E-state index is -0.756. The molecule has 2 heterocycles. The molecule has 0 spiro atoms. The van der Waals surface area contributed by atoms with Gasteiger partial charge in [0.15, 0.2) is 0 Å². The van der Waals surface area contributed by atoms with Gasteiger partial charge in [0, 0.05) is 29.6 Å². The molecule has 7 nitrogen and oxygen atoms in total. The van der Waals surface area contributed by atoms with Crippen LogP contribution >= 0.6 is 0 Å². The lowest BCUT2D eigenvalue weighted by Crippen LogP contribution is -2.47. The van der Waals surface area contributed by atoms with E-state index in [4.69, 9.17) is 5.26 Å². The van der Waals surface area contributed by atoms with Gasteiger partial charge < -0.3 is 10.2 Å². The number of fused-ring (bicyclic) bond motifs is 1. The highest BCUT2D eigenvalue weighted by Crippen LogP contribution is 2.43. The summed E-state index contributed by atoms with van der Waals surface area (Å²) in [5, 5.41) is 18.7. The van der Waals surface area contributed by atoms with Crippen molar-refractivity contribution < 1.29 is 14.0 Å². The summed E-state index contributed by atoms with van der Waals surface area (Å²) < 4.78 is 13.9. The summed E-state index contributed by atoms with van der Waals surface area (Å²) in [7, 11) is 0. The van der Waals surface area contributed by atoms with Gasteiger partial charge in [0.05, 0.1) is 29.8 Å². The molecule has 1 aliphatic rings. The first kappa shape index (κ1) is 21.2. The molecule has 2 amide bonds. The summed E-state index contributed by atoms with van der Waals surface area (Å²) >= 11 is 0. The van der Waals surface area contributed by atoms with E-state index in [-0.39, 0.29) is 23.1 Å². The summed E-state index contributed by atoms with van der Waals surface area (Å²) in [6.07, 6.45) is 3.28. The number of aromatic nitrogens is 2. The van der Waals surface area contributed by atoms with Gasteiger partial charge >= 0.3 is 0 Å². The minimum Gasteiger partial charge on any atom is -0.330 e. The van der Waals surface area contributed by atoms with Crippen LogP contribution in [0, 0.1) is 23.1 Å². The third-order valence-electron chi connectivity index (χ3n) is 5.44. The Morgan fingerprint density at radius 3 is 2.78 bits per heavy atom. The minimum absolute atomic E-state index is 0.104. The summed E-state index contributed by atoms with van der Waals surface area (Å²) in [6.45, 7) is 4.46. The van der Waals surface area contributed by atoms with Crippen molar-refractivity contribution in [3.8, 4) is 6.07 Å². The Bertz CT molecular complexity index is 1200. The van der Waals surface area contributed by atoms with E-state index in [1.165, 1.54) is 6.07 Å². The van der Waals surface area contributed by atoms with Crippen molar-refractivity contribution >= 4 is 17.5 Å². The lowest BCUT2D eigenvalue weighted by atomic mass is 9.79. The Hall–Kier alpha value is -3.99. The second kappa shape index (κ2) is 8.63. The van der Waals surface area contributed by atoms with E-state index < -0.39 is 23.7 Å². The molecule has 2 unspecified atom stereocenters. The quantitative estimate of drug-likeness (QED) is 0.638. The maximum Gasteiger partial charge on any atom is 0.254 e. The van der Waals surface area contributed by atoms with E-state index in [1.54, 1.807) is 41.6 Å². The highest BCUT2D eigenvalue weighted by atomic mass is 19.1. The van der Waals surface area contributed by atoms with Gasteiger partial charge in [-0.2, -0.15) is 10.4 Å². The van der Waals surface area contributed by atoms with E-state index in [0.29, 0.717) is 23.2 Å². The number of H-pyrrole nitrogens is 1. The number of carbonyl (C=O) groups is 2. The lowest BCUT2D eigenvalue weighted by Gasteiger charge is -2.42. The standard InChI is InChI=1S/C24H22FN5O2/c1-14(2)13-30-22(16-11-27-28-12-16)21(19-5-3-4-6-20(19)24(30)32)23(31)29-18-8-15(10-26)7-17(25)9-18/h3-9,11-12,14,21-22H,13H2,1-2H3,(H,27,28)(H,29,31).